The molecule has 0 saturated carbocycles. The molecule has 0 aliphatic carbocycles. The van der Waals surface area contributed by atoms with Crippen molar-refractivity contribution in [2.45, 2.75) is 19.4 Å². The summed E-state index contributed by atoms with van der Waals surface area (Å²) in [5.41, 5.74) is 2.18. The molecule has 1 atom stereocenters. The zero-order valence-electron chi connectivity index (χ0n) is 9.92. The molecular formula is C13H17FN2. The van der Waals surface area contributed by atoms with E-state index >= 15 is 0 Å². The predicted octanol–water partition coefficient (Wildman–Crippen LogP) is 2.47. The Balaban J connectivity index is 2.44. The van der Waals surface area contributed by atoms with Crippen LogP contribution in [0.2, 0.25) is 0 Å². The average Bonchev–Trinajstić information content (AvgIpc) is 2.56. The van der Waals surface area contributed by atoms with Gasteiger partial charge in [0.1, 0.15) is 5.82 Å². The van der Waals surface area contributed by atoms with E-state index < -0.39 is 0 Å². The van der Waals surface area contributed by atoms with E-state index in [2.05, 4.69) is 22.9 Å². The highest BCUT2D eigenvalue weighted by molar-refractivity contribution is 5.81. The number of nitrogens with zero attached hydrogens (tertiary/aromatic N) is 1. The zero-order valence-corrected chi connectivity index (χ0v) is 9.92. The first-order valence-corrected chi connectivity index (χ1v) is 5.53. The van der Waals surface area contributed by atoms with E-state index in [0.717, 1.165) is 17.3 Å². The molecule has 0 saturated heterocycles. The number of aromatic nitrogens is 1. The molecule has 2 aromatic rings. The molecule has 2 nitrogen and oxygen atoms in total. The monoisotopic (exact) mass is 220 g/mol. The topological polar surface area (TPSA) is 17.0 Å². The van der Waals surface area contributed by atoms with Gasteiger partial charge in [-0.3, -0.25) is 0 Å². The number of fused-ring (bicyclic) bond motifs is 1. The van der Waals surface area contributed by atoms with Crippen molar-refractivity contribution in [3.63, 3.8) is 0 Å². The van der Waals surface area contributed by atoms with Crippen LogP contribution in [-0.2, 0) is 13.5 Å². The van der Waals surface area contributed by atoms with Gasteiger partial charge in [-0.15, -0.1) is 0 Å². The van der Waals surface area contributed by atoms with Crippen LogP contribution in [0, 0.1) is 5.82 Å². The SMILES string of the molecule is CNC(C)Cc1cc2ccc(F)cc2n1C. The maximum absolute atomic E-state index is 13.1. The highest BCUT2D eigenvalue weighted by Crippen LogP contribution is 2.20. The van der Waals surface area contributed by atoms with Crippen molar-refractivity contribution in [3.05, 3.63) is 35.8 Å². The Bertz CT molecular complexity index is 502. The molecule has 0 aliphatic heterocycles. The molecule has 1 aromatic carbocycles. The Labute approximate surface area is 95.1 Å². The van der Waals surface area contributed by atoms with Gasteiger partial charge in [-0.05, 0) is 38.2 Å². The smallest absolute Gasteiger partial charge is 0.125 e. The molecular weight excluding hydrogens is 203 g/mol. The maximum atomic E-state index is 13.1. The number of rotatable bonds is 3. The number of aryl methyl sites for hydroxylation is 1. The molecule has 0 spiro atoms. The van der Waals surface area contributed by atoms with Crippen molar-refractivity contribution in [3.8, 4) is 0 Å². The average molecular weight is 220 g/mol. The third-order valence-electron chi connectivity index (χ3n) is 3.11. The highest BCUT2D eigenvalue weighted by atomic mass is 19.1. The zero-order chi connectivity index (χ0) is 11.7. The van der Waals surface area contributed by atoms with E-state index in [9.17, 15) is 4.39 Å². The normalized spacial score (nSPS) is 13.2. The van der Waals surface area contributed by atoms with Gasteiger partial charge in [-0.2, -0.15) is 0 Å². The summed E-state index contributed by atoms with van der Waals surface area (Å²) in [6.45, 7) is 2.14. The molecule has 1 unspecified atom stereocenters. The van der Waals surface area contributed by atoms with Crippen LogP contribution in [0.5, 0.6) is 0 Å². The number of nitrogens with one attached hydrogen (secondary N) is 1. The minimum Gasteiger partial charge on any atom is -0.348 e. The van der Waals surface area contributed by atoms with Gasteiger partial charge in [0.05, 0.1) is 5.52 Å². The molecule has 1 heterocycles. The molecule has 86 valence electrons. The predicted molar refractivity (Wildman–Crippen MR) is 65.1 cm³/mol. The summed E-state index contributed by atoms with van der Waals surface area (Å²) < 4.78 is 15.2. The van der Waals surface area contributed by atoms with Gasteiger partial charge in [-0.25, -0.2) is 4.39 Å². The second-order valence-corrected chi connectivity index (χ2v) is 4.29. The lowest BCUT2D eigenvalue weighted by Crippen LogP contribution is -2.24. The Morgan fingerprint density at radius 2 is 2.12 bits per heavy atom. The van der Waals surface area contributed by atoms with Crippen molar-refractivity contribution >= 4 is 10.9 Å². The van der Waals surface area contributed by atoms with Gasteiger partial charge in [0.2, 0.25) is 0 Å². The van der Waals surface area contributed by atoms with Crippen molar-refractivity contribution in [2.24, 2.45) is 7.05 Å². The summed E-state index contributed by atoms with van der Waals surface area (Å²) in [6, 6.07) is 7.48. The molecule has 1 aromatic heterocycles. The Hall–Kier alpha value is -1.35. The number of hydrogen-bond acceptors (Lipinski definition) is 1. The van der Waals surface area contributed by atoms with Crippen LogP contribution in [0.3, 0.4) is 0 Å². The van der Waals surface area contributed by atoms with Crippen LogP contribution in [0.15, 0.2) is 24.3 Å². The maximum Gasteiger partial charge on any atom is 0.125 e. The molecule has 1 N–H and O–H groups in total. The molecule has 0 radical (unpaired) electrons. The molecule has 16 heavy (non-hydrogen) atoms. The Kier molecular flexibility index (Phi) is 2.97. The first-order valence-electron chi connectivity index (χ1n) is 5.53. The van der Waals surface area contributed by atoms with Crippen molar-refractivity contribution in [2.75, 3.05) is 7.05 Å². The van der Waals surface area contributed by atoms with Gasteiger partial charge < -0.3 is 9.88 Å². The Morgan fingerprint density at radius 3 is 2.81 bits per heavy atom. The summed E-state index contributed by atoms with van der Waals surface area (Å²) in [7, 11) is 3.94. The van der Waals surface area contributed by atoms with E-state index in [-0.39, 0.29) is 5.82 Å². The van der Waals surface area contributed by atoms with Crippen LogP contribution < -0.4 is 5.32 Å². The van der Waals surface area contributed by atoms with Crippen molar-refractivity contribution < 1.29 is 4.39 Å². The number of hydrogen-bond donors (Lipinski definition) is 1. The van der Waals surface area contributed by atoms with Gasteiger partial charge in [0, 0.05) is 30.6 Å². The second kappa shape index (κ2) is 4.26. The van der Waals surface area contributed by atoms with E-state index in [0.29, 0.717) is 6.04 Å². The van der Waals surface area contributed by atoms with Crippen LogP contribution >= 0.6 is 0 Å². The lowest BCUT2D eigenvalue weighted by Gasteiger charge is -2.10. The molecule has 3 heteroatoms. The van der Waals surface area contributed by atoms with Gasteiger partial charge in [0.15, 0.2) is 0 Å². The number of likely N-dealkylation sites (N-methyl/N-ethyl adjacent to an activating group) is 1. The minimum absolute atomic E-state index is 0.179. The third-order valence-corrected chi connectivity index (χ3v) is 3.11. The van der Waals surface area contributed by atoms with E-state index in [1.54, 1.807) is 6.07 Å². The van der Waals surface area contributed by atoms with Gasteiger partial charge in [0.25, 0.3) is 0 Å². The summed E-state index contributed by atoms with van der Waals surface area (Å²) in [5.74, 6) is -0.179. The molecule has 2 rings (SSSR count). The summed E-state index contributed by atoms with van der Waals surface area (Å²) >= 11 is 0. The van der Waals surface area contributed by atoms with Crippen molar-refractivity contribution in [1.29, 1.82) is 0 Å². The standard InChI is InChI=1S/C13H17FN2/c1-9(15-2)6-12-7-10-4-5-11(14)8-13(10)16(12)3/h4-5,7-9,15H,6H2,1-3H3. The minimum atomic E-state index is -0.179. The quantitative estimate of drug-likeness (QED) is 0.840. The first-order chi connectivity index (χ1) is 7.61. The second-order valence-electron chi connectivity index (χ2n) is 4.29. The lowest BCUT2D eigenvalue weighted by molar-refractivity contribution is 0.590. The fraction of sp³-hybridized carbons (Fsp3) is 0.385. The fourth-order valence-electron chi connectivity index (χ4n) is 1.97. The Morgan fingerprint density at radius 1 is 1.38 bits per heavy atom. The van der Waals surface area contributed by atoms with Crippen molar-refractivity contribution in [1.82, 2.24) is 9.88 Å². The van der Waals surface area contributed by atoms with E-state index in [1.807, 2.05) is 20.2 Å². The van der Waals surface area contributed by atoms with Crippen LogP contribution in [0.1, 0.15) is 12.6 Å². The number of halogens is 1. The summed E-state index contributed by atoms with van der Waals surface area (Å²) in [4.78, 5) is 0. The van der Waals surface area contributed by atoms with E-state index in [1.165, 1.54) is 11.8 Å². The first kappa shape index (κ1) is 11.1. The van der Waals surface area contributed by atoms with Crippen LogP contribution in [-0.4, -0.2) is 17.7 Å². The fourth-order valence-corrected chi connectivity index (χ4v) is 1.97. The molecule has 0 aliphatic rings. The third kappa shape index (κ3) is 1.95. The van der Waals surface area contributed by atoms with Gasteiger partial charge in [-0.1, -0.05) is 0 Å². The highest BCUT2D eigenvalue weighted by Gasteiger charge is 2.08. The van der Waals surface area contributed by atoms with Crippen LogP contribution in [0.4, 0.5) is 4.39 Å². The van der Waals surface area contributed by atoms with E-state index in [4.69, 9.17) is 0 Å². The van der Waals surface area contributed by atoms with Crippen LogP contribution in [0.25, 0.3) is 10.9 Å². The number of benzene rings is 1. The van der Waals surface area contributed by atoms with Gasteiger partial charge >= 0.3 is 0 Å². The molecule has 0 bridgehead atoms. The molecule has 0 fully saturated rings. The molecule has 0 amide bonds. The summed E-state index contributed by atoms with van der Waals surface area (Å²) in [5, 5.41) is 4.31. The lowest BCUT2D eigenvalue weighted by atomic mass is 10.2. The summed E-state index contributed by atoms with van der Waals surface area (Å²) in [6.07, 6.45) is 0.948. The largest absolute Gasteiger partial charge is 0.348 e.